The largest absolute Gasteiger partial charge is 0.373 e. The number of amides is 1. The van der Waals surface area contributed by atoms with Gasteiger partial charge < -0.3 is 4.74 Å². The van der Waals surface area contributed by atoms with Crippen molar-refractivity contribution in [2.45, 2.75) is 39.5 Å². The highest BCUT2D eigenvalue weighted by Gasteiger charge is 2.22. The van der Waals surface area contributed by atoms with E-state index >= 15 is 0 Å². The summed E-state index contributed by atoms with van der Waals surface area (Å²) in [7, 11) is 0. The van der Waals surface area contributed by atoms with E-state index in [-0.39, 0.29) is 18.1 Å². The van der Waals surface area contributed by atoms with Gasteiger partial charge in [-0.3, -0.25) is 15.0 Å². The number of rotatable bonds is 4. The molecule has 0 aliphatic carbocycles. The fourth-order valence-corrected chi connectivity index (χ4v) is 3.73. The third-order valence-corrected chi connectivity index (χ3v) is 4.74. The van der Waals surface area contributed by atoms with Crippen molar-refractivity contribution in [3.8, 4) is 0 Å². The molecule has 2 atom stereocenters. The van der Waals surface area contributed by atoms with Gasteiger partial charge >= 0.3 is 0 Å². The molecule has 1 aromatic heterocycles. The molecule has 1 aliphatic heterocycles. The Morgan fingerprint density at radius 1 is 1.38 bits per heavy atom. The lowest BCUT2D eigenvalue weighted by Crippen LogP contribution is -2.44. The van der Waals surface area contributed by atoms with Crippen LogP contribution in [-0.2, 0) is 11.3 Å². The van der Waals surface area contributed by atoms with Crippen molar-refractivity contribution in [2.24, 2.45) is 0 Å². The molecule has 0 spiro atoms. The van der Waals surface area contributed by atoms with Crippen molar-refractivity contribution in [3.05, 3.63) is 46.5 Å². The molecule has 0 radical (unpaired) electrons. The number of carbonyl (C=O) groups is 1. The molecular formula is C18H23N3O2S. The van der Waals surface area contributed by atoms with Crippen LogP contribution < -0.4 is 5.32 Å². The maximum absolute atomic E-state index is 12.3. The Morgan fingerprint density at radius 3 is 2.83 bits per heavy atom. The zero-order valence-corrected chi connectivity index (χ0v) is 15.1. The molecule has 1 aromatic carbocycles. The fraction of sp³-hybridized carbons (Fsp3) is 0.444. The van der Waals surface area contributed by atoms with Crippen LogP contribution in [0.4, 0.5) is 5.13 Å². The Kier molecular flexibility index (Phi) is 5.28. The number of nitrogens with zero attached hydrogens (tertiary/aromatic N) is 2. The van der Waals surface area contributed by atoms with Crippen molar-refractivity contribution in [2.75, 3.05) is 18.4 Å². The summed E-state index contributed by atoms with van der Waals surface area (Å²) >= 11 is 1.47. The second kappa shape index (κ2) is 7.42. The Labute approximate surface area is 146 Å². The average Bonchev–Trinajstić information content (AvgIpc) is 2.93. The number of nitrogens with one attached hydrogen (secondary N) is 1. The van der Waals surface area contributed by atoms with E-state index in [2.05, 4.69) is 29.0 Å². The first-order valence-corrected chi connectivity index (χ1v) is 9.08. The molecule has 128 valence electrons. The van der Waals surface area contributed by atoms with Crippen molar-refractivity contribution >= 4 is 22.4 Å². The number of aryl methyl sites for hydroxylation is 1. The van der Waals surface area contributed by atoms with Crippen LogP contribution in [0.5, 0.6) is 0 Å². The molecule has 3 rings (SSSR count). The zero-order chi connectivity index (χ0) is 17.1. The first-order valence-electron chi connectivity index (χ1n) is 8.20. The molecule has 1 aliphatic rings. The second-order valence-corrected chi connectivity index (χ2v) is 7.28. The molecule has 2 aromatic rings. The molecule has 1 saturated heterocycles. The van der Waals surface area contributed by atoms with Gasteiger partial charge in [0.2, 0.25) is 0 Å². The Balaban J connectivity index is 1.60. The fourth-order valence-electron chi connectivity index (χ4n) is 3.04. The number of hydrogen-bond donors (Lipinski definition) is 1. The van der Waals surface area contributed by atoms with E-state index in [0.29, 0.717) is 10.7 Å². The van der Waals surface area contributed by atoms with Gasteiger partial charge in [-0.1, -0.05) is 17.7 Å². The van der Waals surface area contributed by atoms with Gasteiger partial charge in [-0.25, -0.2) is 4.98 Å². The number of morpholine rings is 1. The minimum Gasteiger partial charge on any atom is -0.373 e. The van der Waals surface area contributed by atoms with Crippen LogP contribution in [0.15, 0.2) is 29.6 Å². The minimum atomic E-state index is -0.117. The smallest absolute Gasteiger partial charge is 0.257 e. The van der Waals surface area contributed by atoms with Crippen molar-refractivity contribution in [3.63, 3.8) is 0 Å². The van der Waals surface area contributed by atoms with E-state index in [1.54, 1.807) is 0 Å². The lowest BCUT2D eigenvalue weighted by Gasteiger charge is -2.34. The van der Waals surface area contributed by atoms with Crippen molar-refractivity contribution in [1.82, 2.24) is 9.88 Å². The topological polar surface area (TPSA) is 54.5 Å². The third kappa shape index (κ3) is 4.41. The highest BCUT2D eigenvalue weighted by atomic mass is 32.1. The van der Waals surface area contributed by atoms with E-state index in [4.69, 9.17) is 4.74 Å². The molecule has 2 heterocycles. The lowest BCUT2D eigenvalue weighted by molar-refractivity contribution is -0.0707. The first-order chi connectivity index (χ1) is 11.5. The molecule has 0 unspecified atom stereocenters. The zero-order valence-electron chi connectivity index (χ0n) is 14.3. The summed E-state index contributed by atoms with van der Waals surface area (Å²) in [4.78, 5) is 19.2. The normalized spacial score (nSPS) is 21.6. The van der Waals surface area contributed by atoms with Crippen LogP contribution in [0.2, 0.25) is 0 Å². The van der Waals surface area contributed by atoms with Gasteiger partial charge in [-0.15, -0.1) is 11.3 Å². The van der Waals surface area contributed by atoms with Crippen molar-refractivity contribution in [1.29, 1.82) is 0 Å². The van der Waals surface area contributed by atoms with Crippen LogP contribution in [0.1, 0.15) is 35.5 Å². The summed E-state index contributed by atoms with van der Waals surface area (Å²) < 4.78 is 5.75. The Morgan fingerprint density at radius 2 is 2.12 bits per heavy atom. The number of anilines is 1. The van der Waals surface area contributed by atoms with Crippen LogP contribution in [0.3, 0.4) is 0 Å². The van der Waals surface area contributed by atoms with E-state index in [0.717, 1.165) is 30.9 Å². The predicted octanol–water partition coefficient (Wildman–Crippen LogP) is 3.31. The van der Waals surface area contributed by atoms with Crippen molar-refractivity contribution < 1.29 is 9.53 Å². The van der Waals surface area contributed by atoms with E-state index in [9.17, 15) is 4.79 Å². The minimum absolute atomic E-state index is 0.117. The summed E-state index contributed by atoms with van der Waals surface area (Å²) in [6, 6.07) is 7.55. The van der Waals surface area contributed by atoms with Gasteiger partial charge in [0.1, 0.15) is 0 Å². The summed E-state index contributed by atoms with van der Waals surface area (Å²) in [6.45, 7) is 8.77. The van der Waals surface area contributed by atoms with Gasteiger partial charge in [0.05, 0.1) is 17.9 Å². The quantitative estimate of drug-likeness (QED) is 0.924. The lowest BCUT2D eigenvalue weighted by atomic mass is 10.1. The number of thiazole rings is 1. The molecule has 0 bridgehead atoms. The maximum atomic E-state index is 12.3. The van der Waals surface area contributed by atoms with Gasteiger partial charge in [0, 0.05) is 30.6 Å². The number of ether oxygens (including phenoxy) is 1. The number of hydrogen-bond acceptors (Lipinski definition) is 5. The van der Waals surface area contributed by atoms with Crippen LogP contribution in [0.25, 0.3) is 0 Å². The molecule has 6 heteroatoms. The molecule has 5 nitrogen and oxygen atoms in total. The molecule has 24 heavy (non-hydrogen) atoms. The average molecular weight is 345 g/mol. The molecule has 1 amide bonds. The standard InChI is InChI=1S/C18H23N3O2S/c1-12-5-4-6-15(7-12)17(22)20-18-19-16(11-24-18)10-21-8-13(2)23-14(3)9-21/h4-7,11,13-14H,8-10H2,1-3H3,(H,19,20,22)/t13-,14-/m0/s1. The van der Waals surface area contributed by atoms with Crippen LogP contribution in [-0.4, -0.2) is 41.1 Å². The molecule has 1 N–H and O–H groups in total. The van der Waals surface area contributed by atoms with Crippen LogP contribution >= 0.6 is 11.3 Å². The third-order valence-electron chi connectivity index (χ3n) is 3.93. The van der Waals surface area contributed by atoms with E-state index < -0.39 is 0 Å². The number of benzene rings is 1. The van der Waals surface area contributed by atoms with E-state index in [1.165, 1.54) is 11.3 Å². The molecule has 0 saturated carbocycles. The monoisotopic (exact) mass is 345 g/mol. The van der Waals surface area contributed by atoms with Crippen LogP contribution in [0, 0.1) is 6.92 Å². The SMILES string of the molecule is Cc1cccc(C(=O)Nc2nc(CN3C[C@H](C)O[C@@H](C)C3)cs2)c1. The first kappa shape index (κ1) is 17.1. The summed E-state index contributed by atoms with van der Waals surface area (Å²) in [6.07, 6.45) is 0.487. The summed E-state index contributed by atoms with van der Waals surface area (Å²) in [5.41, 5.74) is 2.71. The summed E-state index contributed by atoms with van der Waals surface area (Å²) in [5.74, 6) is -0.117. The summed E-state index contributed by atoms with van der Waals surface area (Å²) in [5, 5.41) is 5.54. The Bertz CT molecular complexity index is 706. The van der Waals surface area contributed by atoms with Gasteiger partial charge in [-0.2, -0.15) is 0 Å². The van der Waals surface area contributed by atoms with E-state index in [1.807, 2.05) is 36.6 Å². The molecular weight excluding hydrogens is 322 g/mol. The molecule has 1 fully saturated rings. The highest BCUT2D eigenvalue weighted by Crippen LogP contribution is 2.20. The maximum Gasteiger partial charge on any atom is 0.257 e. The van der Waals surface area contributed by atoms with Gasteiger partial charge in [0.15, 0.2) is 5.13 Å². The Hall–Kier alpha value is -1.76. The van der Waals surface area contributed by atoms with Gasteiger partial charge in [0.25, 0.3) is 5.91 Å². The van der Waals surface area contributed by atoms with Gasteiger partial charge in [-0.05, 0) is 32.9 Å². The predicted molar refractivity (Wildman–Crippen MR) is 96.5 cm³/mol. The second-order valence-electron chi connectivity index (χ2n) is 6.42. The number of aromatic nitrogens is 1. The highest BCUT2D eigenvalue weighted by molar-refractivity contribution is 7.13. The number of carbonyl (C=O) groups excluding carboxylic acids is 1.